The summed E-state index contributed by atoms with van der Waals surface area (Å²) in [5.74, 6) is -0.352. The molecule has 3 heterocycles. The van der Waals surface area contributed by atoms with Crippen LogP contribution in [0.15, 0.2) is 36.4 Å². The van der Waals surface area contributed by atoms with Crippen molar-refractivity contribution in [3.05, 3.63) is 67.8 Å². The first-order chi connectivity index (χ1) is 16.3. The number of hydrogen-bond donors (Lipinski definition) is 0. The van der Waals surface area contributed by atoms with Crippen LogP contribution >= 0.6 is 0 Å². The topological polar surface area (TPSA) is 128 Å². The summed E-state index contributed by atoms with van der Waals surface area (Å²) in [4.78, 5) is 40.8. The third-order valence-corrected chi connectivity index (χ3v) is 7.54. The van der Waals surface area contributed by atoms with E-state index >= 15 is 0 Å². The molecule has 34 heavy (non-hydrogen) atoms. The molecule has 0 N–H and O–H groups in total. The van der Waals surface area contributed by atoms with E-state index < -0.39 is 28.5 Å². The van der Waals surface area contributed by atoms with E-state index in [1.54, 1.807) is 31.3 Å². The van der Waals surface area contributed by atoms with Crippen LogP contribution in [0.1, 0.15) is 29.9 Å². The number of rotatable bonds is 5. The van der Waals surface area contributed by atoms with Crippen molar-refractivity contribution in [2.45, 2.75) is 36.4 Å². The van der Waals surface area contributed by atoms with Crippen LogP contribution in [0.5, 0.6) is 11.5 Å². The molecule has 11 nitrogen and oxygen atoms in total. The number of carbonyl (C=O) groups excluding carboxylic acids is 1. The summed E-state index contributed by atoms with van der Waals surface area (Å²) < 4.78 is 10.8. The Kier molecular flexibility index (Phi) is 4.97. The molecule has 5 rings (SSSR count). The van der Waals surface area contributed by atoms with Crippen molar-refractivity contribution in [2.75, 3.05) is 32.7 Å². The molecule has 0 unspecified atom stereocenters. The maximum atomic E-state index is 14.1. The zero-order valence-corrected chi connectivity index (χ0v) is 19.0. The summed E-state index contributed by atoms with van der Waals surface area (Å²) >= 11 is 0. The van der Waals surface area contributed by atoms with Crippen LogP contribution in [0.2, 0.25) is 0 Å². The number of amides is 1. The predicted octanol–water partition coefficient (Wildman–Crippen LogP) is 2.69. The second-order valence-corrected chi connectivity index (χ2v) is 8.86. The van der Waals surface area contributed by atoms with Gasteiger partial charge in [-0.05, 0) is 36.6 Å². The van der Waals surface area contributed by atoms with Crippen LogP contribution in [-0.2, 0) is 10.3 Å². The molecule has 1 spiro atoms. The van der Waals surface area contributed by atoms with Crippen molar-refractivity contribution in [3.63, 3.8) is 0 Å². The van der Waals surface area contributed by atoms with Gasteiger partial charge in [0.05, 0.1) is 31.1 Å². The number of carbonyl (C=O) groups is 1. The third kappa shape index (κ3) is 2.70. The number of hydrogen-bond acceptors (Lipinski definition) is 8. The molecule has 0 radical (unpaired) electrons. The molecule has 1 amide bonds. The number of benzene rings is 2. The normalized spacial score (nSPS) is 27.7. The van der Waals surface area contributed by atoms with Crippen molar-refractivity contribution in [2.24, 2.45) is 0 Å². The van der Waals surface area contributed by atoms with Crippen molar-refractivity contribution in [1.82, 2.24) is 4.90 Å². The lowest BCUT2D eigenvalue weighted by Crippen LogP contribution is -2.52. The fourth-order valence-electron chi connectivity index (χ4n) is 6.27. The molecule has 178 valence electrons. The fourth-order valence-corrected chi connectivity index (χ4v) is 6.27. The molecule has 3 aliphatic rings. The minimum atomic E-state index is -1.44. The zero-order chi connectivity index (χ0) is 24.4. The van der Waals surface area contributed by atoms with E-state index in [2.05, 4.69) is 0 Å². The first kappa shape index (κ1) is 22.1. The summed E-state index contributed by atoms with van der Waals surface area (Å²) in [6.45, 7) is 0.487. The van der Waals surface area contributed by atoms with Gasteiger partial charge in [-0.15, -0.1) is 0 Å². The molecule has 0 bridgehead atoms. The Morgan fingerprint density at radius 2 is 1.79 bits per heavy atom. The highest BCUT2D eigenvalue weighted by Crippen LogP contribution is 2.61. The molecule has 2 aromatic carbocycles. The zero-order valence-electron chi connectivity index (χ0n) is 19.0. The summed E-state index contributed by atoms with van der Waals surface area (Å²) in [6, 6.07) is 7.81. The average Bonchev–Trinajstić information content (AvgIpc) is 3.47. The van der Waals surface area contributed by atoms with Crippen LogP contribution < -0.4 is 14.4 Å². The Hall–Kier alpha value is -3.73. The van der Waals surface area contributed by atoms with Gasteiger partial charge in [-0.3, -0.25) is 29.9 Å². The minimum Gasteiger partial charge on any atom is -0.493 e. The van der Waals surface area contributed by atoms with Gasteiger partial charge in [0.15, 0.2) is 11.5 Å². The second kappa shape index (κ2) is 7.66. The largest absolute Gasteiger partial charge is 0.493 e. The summed E-state index contributed by atoms with van der Waals surface area (Å²) in [6.07, 6.45) is 1.27. The van der Waals surface area contributed by atoms with E-state index in [4.69, 9.17) is 9.47 Å². The summed E-state index contributed by atoms with van der Waals surface area (Å²) in [5, 5.41) is 24.1. The first-order valence-electron chi connectivity index (χ1n) is 11.0. The highest BCUT2D eigenvalue weighted by Gasteiger charge is 2.72. The molecule has 4 atom stereocenters. The van der Waals surface area contributed by atoms with Crippen LogP contribution in [0.25, 0.3) is 0 Å². The fraction of sp³-hybridized carbons (Fsp3) is 0.435. The molecule has 2 fully saturated rings. The van der Waals surface area contributed by atoms with Gasteiger partial charge < -0.3 is 14.4 Å². The van der Waals surface area contributed by atoms with Gasteiger partial charge in [-0.2, -0.15) is 0 Å². The maximum absolute atomic E-state index is 14.1. The van der Waals surface area contributed by atoms with Crippen molar-refractivity contribution in [1.29, 1.82) is 0 Å². The molecule has 0 saturated carbocycles. The molecule has 2 aromatic rings. The van der Waals surface area contributed by atoms with Gasteiger partial charge in [-0.25, -0.2) is 0 Å². The molecular weight excluding hydrogens is 444 g/mol. The molecule has 11 heteroatoms. The van der Waals surface area contributed by atoms with Gasteiger partial charge >= 0.3 is 0 Å². The highest BCUT2D eigenvalue weighted by molar-refractivity contribution is 6.09. The monoisotopic (exact) mass is 468 g/mol. The van der Waals surface area contributed by atoms with E-state index in [-0.39, 0.29) is 16.5 Å². The number of anilines is 1. The van der Waals surface area contributed by atoms with Crippen molar-refractivity contribution < 1.29 is 24.1 Å². The van der Waals surface area contributed by atoms with Crippen LogP contribution in [0.3, 0.4) is 0 Å². The van der Waals surface area contributed by atoms with Gasteiger partial charge in [0.2, 0.25) is 6.04 Å². The molecule has 0 aromatic heterocycles. The number of ether oxygens (including phenoxy) is 2. The average molecular weight is 468 g/mol. The number of fused-ring (bicyclic) bond motifs is 4. The maximum Gasteiger partial charge on any atom is 0.269 e. The van der Waals surface area contributed by atoms with Crippen LogP contribution in [-0.4, -0.2) is 60.5 Å². The Morgan fingerprint density at radius 3 is 2.44 bits per heavy atom. The number of nitrogens with zero attached hydrogens (tertiary/aromatic N) is 4. The van der Waals surface area contributed by atoms with Gasteiger partial charge in [0.1, 0.15) is 5.54 Å². The van der Waals surface area contributed by atoms with E-state index in [9.17, 15) is 25.0 Å². The standard InChI is InChI=1S/C23H24N4O7/c1-24-16-8-7-14(26(29)30)12-15(16)23(22(24)28)20(13-6-9-18(33-2)19(11-13)34-3)21(27(31)32)17-5-4-10-25(17)23/h6-9,11-12,17,20-21H,4-5,10H2,1-3H3/t17-,20-,21+,23-/m0/s1. The predicted molar refractivity (Wildman–Crippen MR) is 121 cm³/mol. The summed E-state index contributed by atoms with van der Waals surface area (Å²) in [7, 11) is 4.58. The van der Waals surface area contributed by atoms with E-state index in [0.717, 1.165) is 0 Å². The SMILES string of the molecule is COc1ccc([C@H]2[C@H]([N+](=O)[O-])[C@@H]3CCCN3[C@]23C(=O)N(C)c2ccc([N+](=O)[O-])cc23)cc1OC. The smallest absolute Gasteiger partial charge is 0.269 e. The van der Waals surface area contributed by atoms with Gasteiger partial charge in [0, 0.05) is 41.9 Å². The van der Waals surface area contributed by atoms with Crippen LogP contribution in [0.4, 0.5) is 11.4 Å². The molecule has 2 saturated heterocycles. The molecule has 0 aliphatic carbocycles. The van der Waals surface area contributed by atoms with Crippen molar-refractivity contribution in [3.8, 4) is 11.5 Å². The molecular formula is C23H24N4O7. The lowest BCUT2D eigenvalue weighted by atomic mass is 9.73. The third-order valence-electron chi connectivity index (χ3n) is 7.54. The van der Waals surface area contributed by atoms with E-state index in [0.29, 0.717) is 47.7 Å². The minimum absolute atomic E-state index is 0.160. The lowest BCUT2D eigenvalue weighted by Gasteiger charge is -2.36. The molecule has 3 aliphatic heterocycles. The quantitative estimate of drug-likeness (QED) is 0.484. The number of likely N-dealkylation sites (N-methyl/N-ethyl adjacent to an activating group) is 1. The number of methoxy groups -OCH3 is 2. The lowest BCUT2D eigenvalue weighted by molar-refractivity contribution is -0.527. The van der Waals surface area contributed by atoms with Gasteiger partial charge in [0.25, 0.3) is 11.6 Å². The van der Waals surface area contributed by atoms with Crippen LogP contribution in [0, 0.1) is 20.2 Å². The number of non-ortho nitro benzene ring substituents is 1. The Bertz CT molecular complexity index is 1220. The Balaban J connectivity index is 1.83. The Morgan fingerprint density at radius 1 is 1.06 bits per heavy atom. The van der Waals surface area contributed by atoms with Gasteiger partial charge in [-0.1, -0.05) is 6.07 Å². The van der Waals surface area contributed by atoms with Crippen molar-refractivity contribution >= 4 is 17.3 Å². The van der Waals surface area contributed by atoms with E-state index in [1.165, 1.54) is 31.3 Å². The highest BCUT2D eigenvalue weighted by atomic mass is 16.6. The second-order valence-electron chi connectivity index (χ2n) is 8.86. The Labute approximate surface area is 195 Å². The number of nitro benzene ring substituents is 1. The summed E-state index contributed by atoms with van der Waals surface area (Å²) in [5.41, 5.74) is -0.0855. The van der Waals surface area contributed by atoms with E-state index in [1.807, 2.05) is 4.90 Å². The number of nitro groups is 2. The first-order valence-corrected chi connectivity index (χ1v) is 11.0.